The standard InChI is InChI=1S/C17H25Cl2N3O2/c1-22(9-10-23)17(7-3-2-4-8-17)12-20-16(24)21-15-11-13(18)5-6-14(15)19/h5-6,11,23H,2-4,7-10,12H2,1H3,(H2,20,21,24). The number of benzene rings is 1. The maximum Gasteiger partial charge on any atom is 0.319 e. The maximum atomic E-state index is 12.2. The number of hydrogen-bond acceptors (Lipinski definition) is 3. The van der Waals surface area contributed by atoms with Gasteiger partial charge in [0.25, 0.3) is 0 Å². The van der Waals surface area contributed by atoms with Gasteiger partial charge in [0.05, 0.1) is 17.3 Å². The number of amides is 2. The molecule has 0 atom stereocenters. The molecule has 0 aromatic heterocycles. The molecule has 1 aromatic carbocycles. The third-order valence-electron chi connectivity index (χ3n) is 4.78. The molecular weight excluding hydrogens is 349 g/mol. The van der Waals surface area contributed by atoms with Gasteiger partial charge in [-0.2, -0.15) is 0 Å². The number of nitrogens with one attached hydrogen (secondary N) is 2. The molecule has 1 aliphatic carbocycles. The van der Waals surface area contributed by atoms with Crippen LogP contribution in [-0.4, -0.2) is 48.3 Å². The van der Waals surface area contributed by atoms with Crippen LogP contribution in [0, 0.1) is 0 Å². The second kappa shape index (κ2) is 8.90. The molecule has 0 saturated heterocycles. The minimum atomic E-state index is -0.304. The van der Waals surface area contributed by atoms with E-state index in [-0.39, 0.29) is 18.2 Å². The highest BCUT2D eigenvalue weighted by Crippen LogP contribution is 2.32. The number of halogens is 2. The van der Waals surface area contributed by atoms with E-state index in [1.165, 1.54) is 6.42 Å². The fraction of sp³-hybridized carbons (Fsp3) is 0.588. The normalized spacial score (nSPS) is 16.9. The van der Waals surface area contributed by atoms with Crippen molar-refractivity contribution in [2.45, 2.75) is 37.6 Å². The molecule has 1 saturated carbocycles. The number of hydrogen-bond donors (Lipinski definition) is 3. The second-order valence-electron chi connectivity index (χ2n) is 6.36. The summed E-state index contributed by atoms with van der Waals surface area (Å²) in [5.41, 5.74) is 0.388. The van der Waals surface area contributed by atoms with E-state index in [1.54, 1.807) is 18.2 Å². The number of likely N-dealkylation sites (N-methyl/N-ethyl adjacent to an activating group) is 1. The summed E-state index contributed by atoms with van der Waals surface area (Å²) in [6.07, 6.45) is 5.53. The first-order valence-electron chi connectivity index (χ1n) is 8.29. The van der Waals surface area contributed by atoms with Gasteiger partial charge >= 0.3 is 6.03 Å². The van der Waals surface area contributed by atoms with Crippen molar-refractivity contribution in [3.8, 4) is 0 Å². The van der Waals surface area contributed by atoms with E-state index in [2.05, 4.69) is 15.5 Å². The van der Waals surface area contributed by atoms with Crippen LogP contribution >= 0.6 is 23.2 Å². The Morgan fingerprint density at radius 2 is 2.00 bits per heavy atom. The van der Waals surface area contributed by atoms with E-state index >= 15 is 0 Å². The van der Waals surface area contributed by atoms with Crippen molar-refractivity contribution in [1.29, 1.82) is 0 Å². The number of aliphatic hydroxyl groups is 1. The number of aliphatic hydroxyl groups excluding tert-OH is 1. The number of β-amino-alcohol motifs (C(OH)–C–C–N with tert-alkyl or cyclic N) is 1. The maximum absolute atomic E-state index is 12.2. The van der Waals surface area contributed by atoms with Gasteiger partial charge in [0.1, 0.15) is 0 Å². The summed E-state index contributed by atoms with van der Waals surface area (Å²) in [6, 6.07) is 4.64. The summed E-state index contributed by atoms with van der Waals surface area (Å²) in [5, 5.41) is 15.9. The molecular formula is C17H25Cl2N3O2. The van der Waals surface area contributed by atoms with Crippen LogP contribution in [0.3, 0.4) is 0 Å². The van der Waals surface area contributed by atoms with E-state index in [9.17, 15) is 9.90 Å². The van der Waals surface area contributed by atoms with Crippen LogP contribution in [0.25, 0.3) is 0 Å². The first-order valence-corrected chi connectivity index (χ1v) is 9.04. The van der Waals surface area contributed by atoms with Crippen LogP contribution in [-0.2, 0) is 0 Å². The number of nitrogens with zero attached hydrogens (tertiary/aromatic N) is 1. The van der Waals surface area contributed by atoms with Crippen molar-refractivity contribution in [3.05, 3.63) is 28.2 Å². The molecule has 2 amide bonds. The van der Waals surface area contributed by atoms with Crippen LogP contribution < -0.4 is 10.6 Å². The molecule has 0 unspecified atom stereocenters. The summed E-state index contributed by atoms with van der Waals surface area (Å²) in [5.74, 6) is 0. The molecule has 7 heteroatoms. The highest BCUT2D eigenvalue weighted by molar-refractivity contribution is 6.35. The topological polar surface area (TPSA) is 64.6 Å². The third-order valence-corrected chi connectivity index (χ3v) is 5.35. The zero-order chi connectivity index (χ0) is 17.6. The average Bonchev–Trinajstić information content (AvgIpc) is 2.57. The number of anilines is 1. The minimum absolute atomic E-state index is 0.101. The molecule has 1 fully saturated rings. The molecule has 1 aromatic rings. The Bertz CT molecular complexity index is 563. The van der Waals surface area contributed by atoms with Crippen LogP contribution in [0.15, 0.2) is 18.2 Å². The van der Waals surface area contributed by atoms with Gasteiger partial charge in [0.15, 0.2) is 0 Å². The largest absolute Gasteiger partial charge is 0.395 e. The zero-order valence-electron chi connectivity index (χ0n) is 13.9. The van der Waals surface area contributed by atoms with Gasteiger partial charge in [0.2, 0.25) is 0 Å². The predicted molar refractivity (Wildman–Crippen MR) is 99.0 cm³/mol. The molecule has 1 aliphatic rings. The summed E-state index contributed by atoms with van der Waals surface area (Å²) in [6.45, 7) is 1.25. The monoisotopic (exact) mass is 373 g/mol. The predicted octanol–water partition coefficient (Wildman–Crippen LogP) is 3.74. The lowest BCUT2D eigenvalue weighted by Crippen LogP contribution is -2.56. The van der Waals surface area contributed by atoms with E-state index in [0.29, 0.717) is 28.8 Å². The van der Waals surface area contributed by atoms with Crippen LogP contribution in [0.5, 0.6) is 0 Å². The highest BCUT2D eigenvalue weighted by Gasteiger charge is 2.36. The Balaban J connectivity index is 1.98. The molecule has 3 N–H and O–H groups in total. The van der Waals surface area contributed by atoms with Gasteiger partial charge in [-0.05, 0) is 38.1 Å². The quantitative estimate of drug-likeness (QED) is 0.711. The number of carbonyl (C=O) groups is 1. The van der Waals surface area contributed by atoms with Gasteiger partial charge < -0.3 is 15.7 Å². The molecule has 0 aliphatic heterocycles. The number of urea groups is 1. The minimum Gasteiger partial charge on any atom is -0.395 e. The molecule has 0 bridgehead atoms. The van der Waals surface area contributed by atoms with Crippen molar-refractivity contribution >= 4 is 34.9 Å². The molecule has 5 nitrogen and oxygen atoms in total. The average molecular weight is 374 g/mol. The van der Waals surface area contributed by atoms with Gasteiger partial charge in [0, 0.05) is 23.7 Å². The SMILES string of the molecule is CN(CCO)C1(CNC(=O)Nc2cc(Cl)ccc2Cl)CCCCC1. The Labute approximate surface area is 153 Å². The van der Waals surface area contributed by atoms with E-state index < -0.39 is 0 Å². The van der Waals surface area contributed by atoms with E-state index in [0.717, 1.165) is 25.7 Å². The Morgan fingerprint density at radius 3 is 2.67 bits per heavy atom. The van der Waals surface area contributed by atoms with Crippen LogP contribution in [0.4, 0.5) is 10.5 Å². The molecule has 0 radical (unpaired) electrons. The molecule has 24 heavy (non-hydrogen) atoms. The smallest absolute Gasteiger partial charge is 0.319 e. The lowest BCUT2D eigenvalue weighted by molar-refractivity contribution is 0.0605. The summed E-state index contributed by atoms with van der Waals surface area (Å²) in [4.78, 5) is 14.4. The Morgan fingerprint density at radius 1 is 1.29 bits per heavy atom. The zero-order valence-corrected chi connectivity index (χ0v) is 15.5. The van der Waals surface area contributed by atoms with Crippen molar-refractivity contribution in [2.24, 2.45) is 0 Å². The first-order chi connectivity index (χ1) is 11.5. The Kier molecular flexibility index (Phi) is 7.16. The lowest BCUT2D eigenvalue weighted by atomic mass is 9.80. The molecule has 134 valence electrons. The fourth-order valence-electron chi connectivity index (χ4n) is 3.30. The van der Waals surface area contributed by atoms with Crippen LogP contribution in [0.1, 0.15) is 32.1 Å². The Hall–Kier alpha value is -1.01. The van der Waals surface area contributed by atoms with Crippen molar-refractivity contribution in [2.75, 3.05) is 32.1 Å². The van der Waals surface area contributed by atoms with Crippen molar-refractivity contribution in [3.63, 3.8) is 0 Å². The van der Waals surface area contributed by atoms with Gasteiger partial charge in [-0.1, -0.05) is 42.5 Å². The summed E-state index contributed by atoms with van der Waals surface area (Å²) >= 11 is 12.0. The number of carbonyl (C=O) groups excluding carboxylic acids is 1. The van der Waals surface area contributed by atoms with Crippen molar-refractivity contribution in [1.82, 2.24) is 10.2 Å². The van der Waals surface area contributed by atoms with Gasteiger partial charge in [-0.3, -0.25) is 4.90 Å². The lowest BCUT2D eigenvalue weighted by Gasteiger charge is -2.44. The van der Waals surface area contributed by atoms with E-state index in [1.807, 2.05) is 7.05 Å². The summed E-state index contributed by atoms with van der Waals surface area (Å²) in [7, 11) is 2.01. The van der Waals surface area contributed by atoms with Crippen molar-refractivity contribution < 1.29 is 9.90 Å². The summed E-state index contributed by atoms with van der Waals surface area (Å²) < 4.78 is 0. The molecule has 0 spiro atoms. The third kappa shape index (κ3) is 4.99. The molecule has 0 heterocycles. The highest BCUT2D eigenvalue weighted by atomic mass is 35.5. The van der Waals surface area contributed by atoms with Gasteiger partial charge in [-0.15, -0.1) is 0 Å². The van der Waals surface area contributed by atoms with E-state index in [4.69, 9.17) is 23.2 Å². The van der Waals surface area contributed by atoms with Gasteiger partial charge in [-0.25, -0.2) is 4.79 Å². The second-order valence-corrected chi connectivity index (χ2v) is 7.21. The number of rotatable bonds is 6. The fourth-order valence-corrected chi connectivity index (χ4v) is 3.63. The first kappa shape index (κ1) is 19.3. The molecule has 2 rings (SSSR count). The van der Waals surface area contributed by atoms with Crippen LogP contribution in [0.2, 0.25) is 10.0 Å².